The summed E-state index contributed by atoms with van der Waals surface area (Å²) >= 11 is 0. The van der Waals surface area contributed by atoms with Crippen molar-refractivity contribution in [2.75, 3.05) is 13.1 Å². The molecule has 0 spiro atoms. The van der Waals surface area contributed by atoms with Crippen LogP contribution in [0.25, 0.3) is 0 Å². The van der Waals surface area contributed by atoms with Crippen LogP contribution in [0.3, 0.4) is 0 Å². The third-order valence-corrected chi connectivity index (χ3v) is 3.44. The van der Waals surface area contributed by atoms with E-state index in [0.29, 0.717) is 6.54 Å². The van der Waals surface area contributed by atoms with Gasteiger partial charge < -0.3 is 10.0 Å². The van der Waals surface area contributed by atoms with Crippen molar-refractivity contribution in [3.63, 3.8) is 0 Å². The maximum absolute atomic E-state index is 12.2. The van der Waals surface area contributed by atoms with Gasteiger partial charge >= 0.3 is 0 Å². The van der Waals surface area contributed by atoms with Crippen molar-refractivity contribution in [1.82, 2.24) is 4.90 Å². The summed E-state index contributed by atoms with van der Waals surface area (Å²) in [7, 11) is 0. The Morgan fingerprint density at radius 3 is 2.76 bits per heavy atom. The number of aliphatic hydroxyl groups is 1. The molecule has 1 aromatic rings. The lowest BCUT2D eigenvalue weighted by Crippen LogP contribution is -2.42. The Morgan fingerprint density at radius 2 is 2.12 bits per heavy atom. The molecule has 1 atom stereocenters. The van der Waals surface area contributed by atoms with E-state index in [-0.39, 0.29) is 12.0 Å². The predicted molar refractivity (Wildman–Crippen MR) is 67.1 cm³/mol. The Labute approximate surface area is 102 Å². The molecule has 1 aliphatic heterocycles. The minimum atomic E-state index is -0.362. The van der Waals surface area contributed by atoms with Crippen molar-refractivity contribution in [3.8, 4) is 0 Å². The van der Waals surface area contributed by atoms with Crippen LogP contribution in [0.2, 0.25) is 0 Å². The van der Waals surface area contributed by atoms with Gasteiger partial charge in [-0.2, -0.15) is 0 Å². The largest absolute Gasteiger partial charge is 0.391 e. The monoisotopic (exact) mass is 233 g/mol. The van der Waals surface area contributed by atoms with Gasteiger partial charge in [0, 0.05) is 18.7 Å². The van der Waals surface area contributed by atoms with E-state index in [1.807, 2.05) is 32.0 Å². The van der Waals surface area contributed by atoms with Crippen LogP contribution in [0.5, 0.6) is 0 Å². The number of carbonyl (C=O) groups excluding carboxylic acids is 1. The highest BCUT2D eigenvalue weighted by Crippen LogP contribution is 2.16. The highest BCUT2D eigenvalue weighted by Gasteiger charge is 2.22. The summed E-state index contributed by atoms with van der Waals surface area (Å²) in [4.78, 5) is 14.0. The molecule has 1 fully saturated rings. The Balaban J connectivity index is 2.15. The Hall–Kier alpha value is -1.35. The lowest BCUT2D eigenvalue weighted by atomic mass is 10.0. The van der Waals surface area contributed by atoms with Gasteiger partial charge in [-0.3, -0.25) is 4.79 Å². The molecule has 3 heteroatoms. The van der Waals surface area contributed by atoms with E-state index >= 15 is 0 Å². The second kappa shape index (κ2) is 4.88. The summed E-state index contributed by atoms with van der Waals surface area (Å²) in [6.07, 6.45) is 1.33. The van der Waals surface area contributed by atoms with Crippen LogP contribution in [-0.2, 0) is 0 Å². The normalized spacial score (nSPS) is 20.4. The molecular weight excluding hydrogens is 214 g/mol. The first kappa shape index (κ1) is 12.1. The van der Waals surface area contributed by atoms with Gasteiger partial charge in [-0.05, 0) is 49.9 Å². The first-order valence-corrected chi connectivity index (χ1v) is 6.12. The third kappa shape index (κ3) is 2.67. The average Bonchev–Trinajstić information content (AvgIpc) is 2.32. The van der Waals surface area contributed by atoms with Crippen LogP contribution in [-0.4, -0.2) is 35.1 Å². The zero-order valence-corrected chi connectivity index (χ0v) is 10.4. The Morgan fingerprint density at radius 1 is 1.35 bits per heavy atom. The maximum Gasteiger partial charge on any atom is 0.253 e. The summed E-state index contributed by atoms with van der Waals surface area (Å²) in [6.45, 7) is 5.26. The lowest BCUT2D eigenvalue weighted by Gasteiger charge is -2.30. The Kier molecular flexibility index (Phi) is 3.48. The van der Waals surface area contributed by atoms with Gasteiger partial charge in [0.25, 0.3) is 5.91 Å². The number of aryl methyl sites for hydroxylation is 2. The number of piperidine rings is 1. The quantitative estimate of drug-likeness (QED) is 0.804. The number of amides is 1. The van der Waals surface area contributed by atoms with Crippen molar-refractivity contribution >= 4 is 5.91 Å². The Bertz CT molecular complexity index is 428. The van der Waals surface area contributed by atoms with Crippen LogP contribution in [0.4, 0.5) is 0 Å². The van der Waals surface area contributed by atoms with E-state index in [1.54, 1.807) is 4.90 Å². The molecule has 1 aromatic carbocycles. The number of benzene rings is 1. The first-order valence-electron chi connectivity index (χ1n) is 6.12. The van der Waals surface area contributed by atoms with E-state index < -0.39 is 0 Å². The van der Waals surface area contributed by atoms with E-state index in [0.717, 1.165) is 30.5 Å². The van der Waals surface area contributed by atoms with Gasteiger partial charge in [0.15, 0.2) is 0 Å². The summed E-state index contributed by atoms with van der Waals surface area (Å²) in [5, 5.41) is 9.58. The molecule has 1 aliphatic rings. The molecule has 0 bridgehead atoms. The summed E-state index contributed by atoms with van der Waals surface area (Å²) in [5.41, 5.74) is 3.05. The number of aliphatic hydroxyl groups excluding tert-OH is 1. The minimum absolute atomic E-state index is 0.0341. The molecule has 17 heavy (non-hydrogen) atoms. The fraction of sp³-hybridized carbons (Fsp3) is 0.500. The van der Waals surface area contributed by atoms with Crippen LogP contribution in [0.15, 0.2) is 18.2 Å². The van der Waals surface area contributed by atoms with E-state index in [9.17, 15) is 9.90 Å². The number of carbonyl (C=O) groups is 1. The second-order valence-corrected chi connectivity index (χ2v) is 4.85. The zero-order valence-electron chi connectivity index (χ0n) is 10.4. The molecule has 2 rings (SSSR count). The molecule has 0 unspecified atom stereocenters. The third-order valence-electron chi connectivity index (χ3n) is 3.44. The van der Waals surface area contributed by atoms with Crippen LogP contribution in [0, 0.1) is 13.8 Å². The molecule has 1 saturated heterocycles. The second-order valence-electron chi connectivity index (χ2n) is 4.85. The van der Waals surface area contributed by atoms with E-state index in [1.165, 1.54) is 5.56 Å². The minimum Gasteiger partial charge on any atom is -0.391 e. The SMILES string of the molecule is Cc1ccc(C(=O)N2CCC[C@@H](O)C2)cc1C. The van der Waals surface area contributed by atoms with Gasteiger partial charge in [-0.25, -0.2) is 0 Å². The highest BCUT2D eigenvalue weighted by molar-refractivity contribution is 5.94. The fourth-order valence-electron chi connectivity index (χ4n) is 2.20. The molecule has 92 valence electrons. The molecule has 0 aliphatic carbocycles. The highest BCUT2D eigenvalue weighted by atomic mass is 16.3. The van der Waals surface area contributed by atoms with Crippen molar-refractivity contribution in [2.45, 2.75) is 32.8 Å². The van der Waals surface area contributed by atoms with Gasteiger partial charge in [0.1, 0.15) is 0 Å². The summed E-state index contributed by atoms with van der Waals surface area (Å²) in [6, 6.07) is 5.77. The van der Waals surface area contributed by atoms with Crippen molar-refractivity contribution in [3.05, 3.63) is 34.9 Å². The van der Waals surface area contributed by atoms with E-state index in [2.05, 4.69) is 0 Å². The van der Waals surface area contributed by atoms with Gasteiger partial charge in [0.05, 0.1) is 6.10 Å². The summed E-state index contributed by atoms with van der Waals surface area (Å²) in [5.74, 6) is 0.0341. The smallest absolute Gasteiger partial charge is 0.253 e. The number of β-amino-alcohol motifs (C(OH)–C–C–N with tert-alkyl or cyclic N) is 1. The van der Waals surface area contributed by atoms with Gasteiger partial charge in [-0.15, -0.1) is 0 Å². The molecule has 1 amide bonds. The standard InChI is InChI=1S/C14H19NO2/c1-10-5-6-12(8-11(10)2)14(17)15-7-3-4-13(16)9-15/h5-6,8,13,16H,3-4,7,9H2,1-2H3/t13-/m1/s1. The number of likely N-dealkylation sites (tertiary alicyclic amines) is 1. The molecule has 1 heterocycles. The van der Waals surface area contributed by atoms with Crippen molar-refractivity contribution < 1.29 is 9.90 Å². The molecule has 0 radical (unpaired) electrons. The maximum atomic E-state index is 12.2. The van der Waals surface area contributed by atoms with E-state index in [4.69, 9.17) is 0 Å². The van der Waals surface area contributed by atoms with Crippen molar-refractivity contribution in [2.24, 2.45) is 0 Å². The number of hydrogen-bond donors (Lipinski definition) is 1. The number of nitrogens with zero attached hydrogens (tertiary/aromatic N) is 1. The average molecular weight is 233 g/mol. The lowest BCUT2D eigenvalue weighted by molar-refractivity contribution is 0.0473. The molecule has 0 saturated carbocycles. The molecule has 3 nitrogen and oxygen atoms in total. The predicted octanol–water partition coefficient (Wildman–Crippen LogP) is 1.90. The fourth-order valence-corrected chi connectivity index (χ4v) is 2.20. The van der Waals surface area contributed by atoms with Crippen LogP contribution in [0.1, 0.15) is 34.3 Å². The van der Waals surface area contributed by atoms with Crippen LogP contribution < -0.4 is 0 Å². The molecule has 1 N–H and O–H groups in total. The van der Waals surface area contributed by atoms with Crippen molar-refractivity contribution in [1.29, 1.82) is 0 Å². The summed E-state index contributed by atoms with van der Waals surface area (Å²) < 4.78 is 0. The molecular formula is C14H19NO2. The number of hydrogen-bond acceptors (Lipinski definition) is 2. The molecule has 0 aromatic heterocycles. The van der Waals surface area contributed by atoms with Gasteiger partial charge in [-0.1, -0.05) is 6.07 Å². The first-order chi connectivity index (χ1) is 8.08. The van der Waals surface area contributed by atoms with Crippen LogP contribution >= 0.6 is 0 Å². The zero-order chi connectivity index (χ0) is 12.4. The van der Waals surface area contributed by atoms with Gasteiger partial charge in [0.2, 0.25) is 0 Å². The topological polar surface area (TPSA) is 40.5 Å². The number of rotatable bonds is 1.